The van der Waals surface area contributed by atoms with Gasteiger partial charge in [-0.2, -0.15) is 41.9 Å². The molecule has 0 amide bonds. The van der Waals surface area contributed by atoms with Gasteiger partial charge in [0.2, 0.25) is 6.19 Å². The third kappa shape index (κ3) is 5.93. The second-order valence-corrected chi connectivity index (χ2v) is 13.9. The number of alkyl halides is 6. The second kappa shape index (κ2) is 12.7. The van der Waals surface area contributed by atoms with Gasteiger partial charge in [-0.05, 0) is 138 Å². The van der Waals surface area contributed by atoms with Crippen molar-refractivity contribution in [3.05, 3.63) is 141 Å². The predicted octanol–water partition coefficient (Wildman–Crippen LogP) is 11.6. The van der Waals surface area contributed by atoms with Crippen LogP contribution in [0.1, 0.15) is 73.9 Å². The van der Waals surface area contributed by atoms with Crippen LogP contribution in [0.2, 0.25) is 0 Å². The first kappa shape index (κ1) is 35.5. The van der Waals surface area contributed by atoms with Gasteiger partial charge < -0.3 is 5.32 Å². The fraction of sp³-hybridized carbons (Fsp3) is 0.233. The zero-order valence-corrected chi connectivity index (χ0v) is 29.2. The Bertz CT molecular complexity index is 2410. The predicted molar refractivity (Wildman–Crippen MR) is 193 cm³/mol. The second-order valence-electron chi connectivity index (χ2n) is 13.9. The summed E-state index contributed by atoms with van der Waals surface area (Å²) in [6.45, 7) is 7.86. The van der Waals surface area contributed by atoms with Gasteiger partial charge in [-0.3, -0.25) is 0 Å². The summed E-state index contributed by atoms with van der Waals surface area (Å²) < 4.78 is 80.9. The fourth-order valence-corrected chi connectivity index (χ4v) is 7.95. The molecule has 4 nitrogen and oxygen atoms in total. The Morgan fingerprint density at radius 3 is 2.06 bits per heavy atom. The minimum absolute atomic E-state index is 0.378. The first-order chi connectivity index (χ1) is 25.1. The average Bonchev–Trinajstić information content (AvgIpc) is 3.55. The van der Waals surface area contributed by atoms with E-state index in [9.17, 15) is 36.9 Å². The van der Waals surface area contributed by atoms with E-state index in [0.29, 0.717) is 52.1 Å². The number of aliphatic imine (C=N–C) groups is 1. The largest absolute Gasteiger partial charge is 0.416 e. The van der Waals surface area contributed by atoms with Gasteiger partial charge >= 0.3 is 12.4 Å². The van der Waals surface area contributed by atoms with Crippen molar-refractivity contribution < 1.29 is 26.3 Å². The lowest BCUT2D eigenvalue weighted by molar-refractivity contribution is -0.138. The van der Waals surface area contributed by atoms with Crippen LogP contribution in [0.3, 0.4) is 0 Å². The van der Waals surface area contributed by atoms with Gasteiger partial charge in [0.1, 0.15) is 5.71 Å². The Morgan fingerprint density at radius 2 is 1.40 bits per heavy atom. The Labute approximate surface area is 303 Å². The van der Waals surface area contributed by atoms with Crippen LogP contribution in [0.4, 0.5) is 26.3 Å². The molecule has 0 radical (unpaired) electrons. The lowest BCUT2D eigenvalue weighted by Crippen LogP contribution is -2.41. The van der Waals surface area contributed by atoms with Crippen molar-refractivity contribution in [3.8, 4) is 34.5 Å². The molecule has 53 heavy (non-hydrogen) atoms. The lowest BCUT2D eigenvalue weighted by Gasteiger charge is -2.35. The summed E-state index contributed by atoms with van der Waals surface area (Å²) in [6, 6.07) is 23.7. The van der Waals surface area contributed by atoms with Crippen molar-refractivity contribution in [2.45, 2.75) is 58.4 Å². The van der Waals surface area contributed by atoms with E-state index in [0.717, 1.165) is 68.8 Å². The maximum absolute atomic E-state index is 13.6. The van der Waals surface area contributed by atoms with E-state index in [1.54, 1.807) is 18.2 Å². The third-order valence-corrected chi connectivity index (χ3v) is 10.7. The third-order valence-electron chi connectivity index (χ3n) is 10.7. The molecule has 0 saturated heterocycles. The highest BCUT2D eigenvalue weighted by molar-refractivity contribution is 6.24. The minimum atomic E-state index is -4.51. The molecule has 1 aliphatic heterocycles. The molecule has 2 aliphatic carbocycles. The molecule has 2 unspecified atom stereocenters. The summed E-state index contributed by atoms with van der Waals surface area (Å²) in [5.41, 5.74) is 8.76. The number of allylic oxidation sites excluding steroid dienone is 4. The summed E-state index contributed by atoms with van der Waals surface area (Å²) >= 11 is 0. The molecule has 1 N–H and O–H groups in total. The quantitative estimate of drug-likeness (QED) is 0.169. The number of nitrogens with zero attached hydrogens (tertiary/aromatic N) is 3. The number of fused-ring (bicyclic) bond motifs is 5. The molecule has 2 atom stereocenters. The van der Waals surface area contributed by atoms with Gasteiger partial charge in [0, 0.05) is 5.56 Å². The van der Waals surface area contributed by atoms with Crippen molar-refractivity contribution in [3.63, 3.8) is 0 Å². The Balaban J connectivity index is 1.38. The van der Waals surface area contributed by atoms with Crippen LogP contribution >= 0.6 is 0 Å². The van der Waals surface area contributed by atoms with Crippen molar-refractivity contribution in [1.29, 1.82) is 10.5 Å². The Morgan fingerprint density at radius 1 is 0.774 bits per heavy atom. The fourth-order valence-electron chi connectivity index (χ4n) is 7.95. The van der Waals surface area contributed by atoms with E-state index in [-0.39, 0.29) is 0 Å². The molecular weight excluding hydrogens is 686 g/mol. The normalized spacial score (nSPS) is 20.3. The molecular formula is C43H32F6N4. The van der Waals surface area contributed by atoms with Crippen molar-refractivity contribution >= 4 is 16.9 Å². The van der Waals surface area contributed by atoms with Gasteiger partial charge in [-0.25, -0.2) is 0 Å². The molecule has 10 heteroatoms. The zero-order chi connectivity index (χ0) is 38.0. The lowest BCUT2D eigenvalue weighted by atomic mass is 9.81. The van der Waals surface area contributed by atoms with Crippen LogP contribution in [-0.4, -0.2) is 5.71 Å². The molecule has 0 bridgehead atoms. The van der Waals surface area contributed by atoms with E-state index < -0.39 is 34.9 Å². The van der Waals surface area contributed by atoms with Crippen LogP contribution < -0.4 is 5.32 Å². The van der Waals surface area contributed by atoms with Gasteiger partial charge in [0.05, 0.1) is 34.3 Å². The highest BCUT2D eigenvalue weighted by Crippen LogP contribution is 2.55. The van der Waals surface area contributed by atoms with E-state index >= 15 is 0 Å². The number of nitriles is 2. The van der Waals surface area contributed by atoms with Crippen LogP contribution in [0.25, 0.3) is 33.4 Å². The number of nitrogens with one attached hydrogen (secondary N) is 1. The van der Waals surface area contributed by atoms with Gasteiger partial charge in [-0.15, -0.1) is 0 Å². The highest BCUT2D eigenvalue weighted by Gasteiger charge is 2.47. The number of hydrogen-bond donors (Lipinski definition) is 1. The maximum Gasteiger partial charge on any atom is 0.416 e. The first-order valence-electron chi connectivity index (χ1n) is 17.0. The van der Waals surface area contributed by atoms with Crippen molar-refractivity contribution in [1.82, 2.24) is 5.32 Å². The summed E-state index contributed by atoms with van der Waals surface area (Å²) in [5.74, 6) is -0.448. The number of hydrogen-bond acceptors (Lipinski definition) is 4. The smallest absolute Gasteiger partial charge is 0.370 e. The molecule has 0 aromatic heterocycles. The molecule has 4 aromatic carbocycles. The van der Waals surface area contributed by atoms with E-state index in [1.165, 1.54) is 18.2 Å². The summed E-state index contributed by atoms with van der Waals surface area (Å²) in [6.07, 6.45) is -5.84. The van der Waals surface area contributed by atoms with Crippen LogP contribution in [0.5, 0.6) is 0 Å². The topological polar surface area (TPSA) is 72.0 Å². The molecule has 3 aliphatic rings. The van der Waals surface area contributed by atoms with Crippen molar-refractivity contribution in [2.75, 3.05) is 0 Å². The maximum atomic E-state index is 13.6. The van der Waals surface area contributed by atoms with E-state index in [2.05, 4.69) is 23.3 Å². The van der Waals surface area contributed by atoms with Crippen molar-refractivity contribution in [2.24, 2.45) is 10.9 Å². The highest BCUT2D eigenvalue weighted by atomic mass is 19.4. The van der Waals surface area contributed by atoms with Crippen LogP contribution in [-0.2, 0) is 17.9 Å². The van der Waals surface area contributed by atoms with Crippen LogP contribution in [0, 0.1) is 28.7 Å². The van der Waals surface area contributed by atoms with E-state index in [1.807, 2.05) is 51.2 Å². The van der Waals surface area contributed by atoms with Gasteiger partial charge in [0.25, 0.3) is 0 Å². The zero-order valence-electron chi connectivity index (χ0n) is 29.2. The summed E-state index contributed by atoms with van der Waals surface area (Å²) in [5, 5.41) is 23.7. The summed E-state index contributed by atoms with van der Waals surface area (Å²) in [4.78, 5) is 4.28. The SMILES string of the molecule is CC1=C2/C(=C(/C)C(C)C#N)c3cc(-c4ccc(C(F)(F)F)cc4)ccc3C2(C)NC2=C(CC1)c1ccc(-c3cccc(C(F)(F)F)c3)cc1C2=NC#N. The summed E-state index contributed by atoms with van der Waals surface area (Å²) in [7, 11) is 0. The Kier molecular flexibility index (Phi) is 8.49. The van der Waals surface area contributed by atoms with Crippen LogP contribution in [0.15, 0.2) is 112 Å². The first-order valence-corrected chi connectivity index (χ1v) is 17.0. The standard InChI is InChI=1S/C43H32F6N4/c1-23-8-15-33-32-16-11-29(27-6-5-7-31(18-27)43(47,48)49)19-34(32)39(52-22-51)40(33)53-41(4)36-17-12-28(26-9-13-30(14-10-26)42(44,45)46)20-35(36)37(38(23)41)25(3)24(2)21-50/h5-7,9-14,16-20,24,53H,8,15H2,1-4H3/b37-25-,38-23?,52-39?. The minimum Gasteiger partial charge on any atom is -0.370 e. The number of benzene rings is 4. The van der Waals surface area contributed by atoms with E-state index in [4.69, 9.17) is 0 Å². The van der Waals surface area contributed by atoms with Gasteiger partial charge in [-0.1, -0.05) is 54.1 Å². The molecule has 1 heterocycles. The monoisotopic (exact) mass is 718 g/mol. The molecule has 0 spiro atoms. The van der Waals surface area contributed by atoms with Gasteiger partial charge in [0.15, 0.2) is 0 Å². The number of halogens is 6. The average molecular weight is 719 g/mol. The molecule has 7 rings (SSSR count). The molecule has 0 saturated carbocycles. The molecule has 4 aromatic rings. The molecule has 266 valence electrons. The Hall–Kier alpha value is -5.87. The molecule has 0 fully saturated rings. The number of rotatable bonds is 3.